The molecule has 0 saturated heterocycles. The van der Waals surface area contributed by atoms with Crippen LogP contribution < -0.4 is 9.62 Å². The van der Waals surface area contributed by atoms with E-state index in [2.05, 4.69) is 19.2 Å². The molecule has 4 aromatic carbocycles. The van der Waals surface area contributed by atoms with Crippen molar-refractivity contribution < 1.29 is 18.0 Å². The van der Waals surface area contributed by atoms with Crippen molar-refractivity contribution in [2.24, 2.45) is 0 Å². The molecule has 0 saturated carbocycles. The van der Waals surface area contributed by atoms with Crippen molar-refractivity contribution in [3.05, 3.63) is 129 Å². The summed E-state index contributed by atoms with van der Waals surface area (Å²) in [6.45, 7) is 7.77. The Kier molecular flexibility index (Phi) is 13.1. The van der Waals surface area contributed by atoms with Crippen LogP contribution >= 0.6 is 23.2 Å². The number of rotatable bonds is 15. The maximum atomic E-state index is 14.7. The van der Waals surface area contributed by atoms with E-state index in [9.17, 15) is 18.0 Å². The number of sulfonamides is 1. The van der Waals surface area contributed by atoms with Gasteiger partial charge in [-0.1, -0.05) is 117 Å². The highest BCUT2D eigenvalue weighted by molar-refractivity contribution is 7.92. The summed E-state index contributed by atoms with van der Waals surface area (Å²) in [4.78, 5) is 30.1. The average molecular weight is 709 g/mol. The summed E-state index contributed by atoms with van der Waals surface area (Å²) in [5, 5.41) is 3.65. The predicted molar refractivity (Wildman–Crippen MR) is 195 cm³/mol. The summed E-state index contributed by atoms with van der Waals surface area (Å²) in [6.07, 6.45) is 1.84. The van der Waals surface area contributed by atoms with Gasteiger partial charge < -0.3 is 10.2 Å². The van der Waals surface area contributed by atoms with E-state index in [-0.39, 0.29) is 29.7 Å². The lowest BCUT2D eigenvalue weighted by Crippen LogP contribution is -2.53. The number of anilines is 1. The fraction of sp³-hybridized carbons (Fsp3) is 0.316. The maximum absolute atomic E-state index is 14.7. The first kappa shape index (κ1) is 37.0. The Bertz CT molecular complexity index is 1760. The van der Waals surface area contributed by atoms with E-state index in [1.54, 1.807) is 42.5 Å². The Balaban J connectivity index is 1.83. The number of hydrogen-bond donors (Lipinski definition) is 1. The van der Waals surface area contributed by atoms with E-state index >= 15 is 0 Å². The van der Waals surface area contributed by atoms with E-state index < -0.39 is 28.5 Å². The standard InChI is InChI=1S/C38H43Cl2N3O4S/c1-5-6-23-41-38(45)36(24-29-11-8-7-9-12-29)42(25-33-34(39)13-10-14-35(33)40)37(44)26-43(31-19-17-30(18-20-31)27(2)3)48(46,47)32-21-15-28(4)16-22-32/h7-22,27,36H,5-6,23-26H2,1-4H3,(H,41,45)/t36-/m0/s1. The molecule has 0 spiro atoms. The third-order valence-corrected chi connectivity index (χ3v) is 10.7. The van der Waals surface area contributed by atoms with E-state index in [4.69, 9.17) is 23.2 Å². The zero-order valence-corrected chi connectivity index (χ0v) is 30.2. The quantitative estimate of drug-likeness (QED) is 0.126. The van der Waals surface area contributed by atoms with Crippen LogP contribution in [0.25, 0.3) is 0 Å². The van der Waals surface area contributed by atoms with Gasteiger partial charge in [-0.3, -0.25) is 13.9 Å². The fourth-order valence-electron chi connectivity index (χ4n) is 5.31. The number of amides is 2. The third-order valence-electron chi connectivity index (χ3n) is 8.23. The van der Waals surface area contributed by atoms with Crippen molar-refractivity contribution in [3.8, 4) is 0 Å². The molecule has 254 valence electrons. The molecule has 0 heterocycles. The van der Waals surface area contributed by atoms with E-state index in [1.165, 1.54) is 17.0 Å². The molecular formula is C38H43Cl2N3O4S. The van der Waals surface area contributed by atoms with E-state index in [0.717, 1.165) is 33.8 Å². The van der Waals surface area contributed by atoms with Gasteiger partial charge in [-0.2, -0.15) is 0 Å². The summed E-state index contributed by atoms with van der Waals surface area (Å²) in [5.41, 5.74) is 3.56. The van der Waals surface area contributed by atoms with Gasteiger partial charge in [0.25, 0.3) is 10.0 Å². The molecule has 2 amide bonds. The van der Waals surface area contributed by atoms with Crippen LogP contribution in [0.2, 0.25) is 10.0 Å². The van der Waals surface area contributed by atoms with Crippen molar-refractivity contribution >= 4 is 50.7 Å². The largest absolute Gasteiger partial charge is 0.354 e. The highest BCUT2D eigenvalue weighted by Crippen LogP contribution is 2.30. The molecule has 10 heteroatoms. The van der Waals surface area contributed by atoms with Crippen LogP contribution in [-0.2, 0) is 32.6 Å². The van der Waals surface area contributed by atoms with Crippen LogP contribution in [0.15, 0.2) is 102 Å². The van der Waals surface area contributed by atoms with Crippen LogP contribution in [0, 0.1) is 6.92 Å². The Morgan fingerprint density at radius 3 is 2.04 bits per heavy atom. The summed E-state index contributed by atoms with van der Waals surface area (Å²) < 4.78 is 29.7. The molecule has 1 atom stereocenters. The first-order valence-corrected chi connectivity index (χ1v) is 18.3. The number of unbranched alkanes of at least 4 members (excludes halogenated alkanes) is 1. The van der Waals surface area contributed by atoms with Gasteiger partial charge in [-0.05, 0) is 66.8 Å². The number of nitrogens with one attached hydrogen (secondary N) is 1. The number of hydrogen-bond acceptors (Lipinski definition) is 4. The van der Waals surface area contributed by atoms with Crippen LogP contribution in [0.5, 0.6) is 0 Å². The molecule has 0 aliphatic carbocycles. The zero-order valence-electron chi connectivity index (χ0n) is 27.8. The second-order valence-corrected chi connectivity index (χ2v) is 14.8. The van der Waals surface area contributed by atoms with Crippen molar-refractivity contribution in [1.82, 2.24) is 10.2 Å². The van der Waals surface area contributed by atoms with Crippen molar-refractivity contribution in [2.75, 3.05) is 17.4 Å². The van der Waals surface area contributed by atoms with Crippen molar-refractivity contribution in [1.29, 1.82) is 0 Å². The van der Waals surface area contributed by atoms with Crippen LogP contribution in [0.3, 0.4) is 0 Å². The molecule has 1 N–H and O–H groups in total. The molecule has 0 aliphatic rings. The lowest BCUT2D eigenvalue weighted by Gasteiger charge is -2.34. The van der Waals surface area contributed by atoms with Crippen molar-refractivity contribution in [3.63, 3.8) is 0 Å². The number of carbonyl (C=O) groups excluding carboxylic acids is 2. The SMILES string of the molecule is CCCCNC(=O)[C@H](Cc1ccccc1)N(Cc1c(Cl)cccc1Cl)C(=O)CN(c1ccc(C(C)C)cc1)S(=O)(=O)c1ccc(C)cc1. The monoisotopic (exact) mass is 707 g/mol. The molecule has 7 nitrogen and oxygen atoms in total. The number of aryl methyl sites for hydroxylation is 1. The Labute approximate surface area is 294 Å². The van der Waals surface area contributed by atoms with Gasteiger partial charge in [-0.25, -0.2) is 8.42 Å². The molecule has 0 bridgehead atoms. The third kappa shape index (κ3) is 9.40. The van der Waals surface area contributed by atoms with Crippen LogP contribution in [-0.4, -0.2) is 44.3 Å². The lowest BCUT2D eigenvalue weighted by atomic mass is 10.0. The summed E-state index contributed by atoms with van der Waals surface area (Å²) >= 11 is 13.2. The summed E-state index contributed by atoms with van der Waals surface area (Å²) in [5.74, 6) is -0.706. The van der Waals surface area contributed by atoms with E-state index in [1.807, 2.05) is 56.3 Å². The molecule has 0 fully saturated rings. The number of carbonyl (C=O) groups is 2. The van der Waals surface area contributed by atoms with Gasteiger partial charge in [0.1, 0.15) is 12.6 Å². The van der Waals surface area contributed by atoms with Gasteiger partial charge >= 0.3 is 0 Å². The average Bonchev–Trinajstić information content (AvgIpc) is 3.07. The minimum absolute atomic E-state index is 0.0488. The smallest absolute Gasteiger partial charge is 0.264 e. The molecule has 4 rings (SSSR count). The fourth-order valence-corrected chi connectivity index (χ4v) is 7.24. The number of nitrogens with zero attached hydrogens (tertiary/aromatic N) is 2. The normalized spacial score (nSPS) is 12.1. The topological polar surface area (TPSA) is 86.8 Å². The minimum Gasteiger partial charge on any atom is -0.354 e. The second-order valence-electron chi connectivity index (χ2n) is 12.1. The molecule has 48 heavy (non-hydrogen) atoms. The Morgan fingerprint density at radius 2 is 1.46 bits per heavy atom. The van der Waals surface area contributed by atoms with Crippen molar-refractivity contribution in [2.45, 2.75) is 70.4 Å². The highest BCUT2D eigenvalue weighted by atomic mass is 35.5. The predicted octanol–water partition coefficient (Wildman–Crippen LogP) is 8.18. The first-order chi connectivity index (χ1) is 22.9. The van der Waals surface area contributed by atoms with Gasteiger partial charge in [0.15, 0.2) is 0 Å². The lowest BCUT2D eigenvalue weighted by molar-refractivity contribution is -0.140. The summed E-state index contributed by atoms with van der Waals surface area (Å²) in [6, 6.07) is 27.1. The molecule has 0 unspecified atom stereocenters. The Hall–Kier alpha value is -3.85. The maximum Gasteiger partial charge on any atom is 0.264 e. The van der Waals surface area contributed by atoms with Gasteiger partial charge in [-0.15, -0.1) is 0 Å². The second kappa shape index (κ2) is 17.0. The molecule has 4 aromatic rings. The highest BCUT2D eigenvalue weighted by Gasteiger charge is 2.35. The first-order valence-electron chi connectivity index (χ1n) is 16.2. The number of benzene rings is 4. The minimum atomic E-state index is -4.21. The molecule has 0 aromatic heterocycles. The van der Waals surface area contributed by atoms with Crippen LogP contribution in [0.4, 0.5) is 5.69 Å². The Morgan fingerprint density at radius 1 is 0.833 bits per heavy atom. The van der Waals surface area contributed by atoms with Crippen LogP contribution in [0.1, 0.15) is 61.8 Å². The summed E-state index contributed by atoms with van der Waals surface area (Å²) in [7, 11) is -4.21. The van der Waals surface area contributed by atoms with Gasteiger partial charge in [0.2, 0.25) is 11.8 Å². The zero-order chi connectivity index (χ0) is 34.8. The molecular weight excluding hydrogens is 665 g/mol. The van der Waals surface area contributed by atoms with Gasteiger partial charge in [0.05, 0.1) is 10.6 Å². The number of halogens is 2. The van der Waals surface area contributed by atoms with Gasteiger partial charge in [0, 0.05) is 35.1 Å². The van der Waals surface area contributed by atoms with E-state index in [0.29, 0.717) is 27.8 Å². The molecule has 0 aliphatic heterocycles. The molecule has 0 radical (unpaired) electrons.